The van der Waals surface area contributed by atoms with Crippen molar-refractivity contribution in [3.8, 4) is 0 Å². The second-order valence-electron chi connectivity index (χ2n) is 4.84. The molecule has 1 atom stereocenters. The van der Waals surface area contributed by atoms with Crippen LogP contribution in [0.3, 0.4) is 0 Å². The highest BCUT2D eigenvalue weighted by molar-refractivity contribution is 5.98. The van der Waals surface area contributed by atoms with Gasteiger partial charge in [-0.05, 0) is 25.3 Å². The Bertz CT molecular complexity index is 618. The third-order valence-corrected chi connectivity index (χ3v) is 3.29. The van der Waals surface area contributed by atoms with Crippen LogP contribution < -0.4 is 10.6 Å². The van der Waals surface area contributed by atoms with E-state index in [0.29, 0.717) is 19.4 Å². The Balaban J connectivity index is 2.26. The predicted octanol–water partition coefficient (Wildman–Crippen LogP) is 1.05. The van der Waals surface area contributed by atoms with Gasteiger partial charge in [0.15, 0.2) is 0 Å². The minimum Gasteiger partial charge on any atom is -0.354 e. The molecule has 1 unspecified atom stereocenters. The summed E-state index contributed by atoms with van der Waals surface area (Å²) in [5.74, 6) is -1.99. The molecule has 1 aromatic carbocycles. The molecule has 2 amide bonds. The molecule has 2 N–H and O–H groups in total. The zero-order valence-electron chi connectivity index (χ0n) is 11.3. The van der Waals surface area contributed by atoms with Crippen LogP contribution in [-0.4, -0.2) is 29.3 Å². The minimum atomic E-state index is -0.832. The number of aryl methyl sites for hydroxylation is 1. The maximum absolute atomic E-state index is 14.0. The largest absolute Gasteiger partial charge is 0.354 e. The molecule has 0 bridgehead atoms. The number of piperidine rings is 1. The molecule has 8 heteroatoms. The number of benzene rings is 1. The van der Waals surface area contributed by atoms with Crippen molar-refractivity contribution in [3.63, 3.8) is 0 Å². The van der Waals surface area contributed by atoms with E-state index in [-0.39, 0.29) is 17.2 Å². The second-order valence-corrected chi connectivity index (χ2v) is 4.84. The van der Waals surface area contributed by atoms with Gasteiger partial charge in [0.1, 0.15) is 11.9 Å². The summed E-state index contributed by atoms with van der Waals surface area (Å²) in [5.41, 5.74) is -0.797. The summed E-state index contributed by atoms with van der Waals surface area (Å²) in [6.07, 6.45) is 1.15. The van der Waals surface area contributed by atoms with Crippen molar-refractivity contribution in [1.82, 2.24) is 10.6 Å². The fraction of sp³-hybridized carbons (Fsp3) is 0.385. The molecule has 1 aliphatic heterocycles. The molecule has 0 aliphatic carbocycles. The third kappa shape index (κ3) is 3.15. The average molecular weight is 295 g/mol. The molecule has 0 saturated carbocycles. The van der Waals surface area contributed by atoms with Crippen molar-refractivity contribution >= 4 is 17.5 Å². The van der Waals surface area contributed by atoms with E-state index in [0.717, 1.165) is 12.1 Å². The topological polar surface area (TPSA) is 101 Å². The van der Waals surface area contributed by atoms with Crippen molar-refractivity contribution < 1.29 is 18.9 Å². The van der Waals surface area contributed by atoms with Gasteiger partial charge in [-0.2, -0.15) is 0 Å². The first-order chi connectivity index (χ1) is 9.90. The highest BCUT2D eigenvalue weighted by atomic mass is 19.1. The van der Waals surface area contributed by atoms with Crippen molar-refractivity contribution in [2.45, 2.75) is 25.8 Å². The highest BCUT2D eigenvalue weighted by Crippen LogP contribution is 2.21. The number of rotatable bonds is 3. The van der Waals surface area contributed by atoms with E-state index in [1.54, 1.807) is 0 Å². The lowest BCUT2D eigenvalue weighted by Gasteiger charge is -2.22. The van der Waals surface area contributed by atoms with Gasteiger partial charge in [-0.15, -0.1) is 0 Å². The minimum absolute atomic E-state index is 0.00226. The molecule has 0 spiro atoms. The Morgan fingerprint density at radius 3 is 2.86 bits per heavy atom. The molecule has 0 aromatic heterocycles. The first-order valence-corrected chi connectivity index (χ1v) is 6.43. The number of carbonyl (C=O) groups is 2. The second kappa shape index (κ2) is 5.86. The van der Waals surface area contributed by atoms with Crippen LogP contribution in [-0.2, 0) is 4.79 Å². The molecular formula is C13H14FN3O4. The van der Waals surface area contributed by atoms with Gasteiger partial charge in [-0.3, -0.25) is 19.7 Å². The van der Waals surface area contributed by atoms with Crippen molar-refractivity contribution in [1.29, 1.82) is 0 Å². The van der Waals surface area contributed by atoms with Crippen LogP contribution >= 0.6 is 0 Å². The van der Waals surface area contributed by atoms with Crippen LogP contribution in [0.1, 0.15) is 28.8 Å². The van der Waals surface area contributed by atoms with E-state index in [2.05, 4.69) is 10.6 Å². The zero-order valence-corrected chi connectivity index (χ0v) is 11.3. The van der Waals surface area contributed by atoms with Gasteiger partial charge in [-0.1, -0.05) is 0 Å². The molecule has 21 heavy (non-hydrogen) atoms. The van der Waals surface area contributed by atoms with Crippen LogP contribution in [0.15, 0.2) is 12.1 Å². The Labute approximate surface area is 119 Å². The third-order valence-electron chi connectivity index (χ3n) is 3.29. The summed E-state index contributed by atoms with van der Waals surface area (Å²) in [5, 5.41) is 15.8. The summed E-state index contributed by atoms with van der Waals surface area (Å²) >= 11 is 0. The Morgan fingerprint density at radius 2 is 2.24 bits per heavy atom. The lowest BCUT2D eigenvalue weighted by molar-refractivity contribution is -0.385. The van der Waals surface area contributed by atoms with Gasteiger partial charge >= 0.3 is 0 Å². The lowest BCUT2D eigenvalue weighted by atomic mass is 10.0. The number of halogens is 1. The van der Waals surface area contributed by atoms with Gasteiger partial charge in [0.25, 0.3) is 11.6 Å². The number of carbonyl (C=O) groups excluding carboxylic acids is 2. The number of nitrogens with zero attached hydrogens (tertiary/aromatic N) is 1. The monoisotopic (exact) mass is 295 g/mol. The SMILES string of the molecule is Cc1cc([N+](=O)[O-])cc(C(=O)NC2CCCNC2=O)c1F. The predicted molar refractivity (Wildman–Crippen MR) is 71.3 cm³/mol. The molecule has 1 fully saturated rings. The van der Waals surface area contributed by atoms with Crippen LogP contribution in [0.4, 0.5) is 10.1 Å². The van der Waals surface area contributed by atoms with Crippen LogP contribution in [0.25, 0.3) is 0 Å². The highest BCUT2D eigenvalue weighted by Gasteiger charge is 2.26. The smallest absolute Gasteiger partial charge is 0.270 e. The zero-order chi connectivity index (χ0) is 15.6. The molecule has 1 aliphatic rings. The van der Waals surface area contributed by atoms with Crippen LogP contribution in [0, 0.1) is 22.9 Å². The van der Waals surface area contributed by atoms with E-state index in [1.165, 1.54) is 6.92 Å². The van der Waals surface area contributed by atoms with Gasteiger partial charge in [-0.25, -0.2) is 4.39 Å². The van der Waals surface area contributed by atoms with E-state index in [4.69, 9.17) is 0 Å². The maximum atomic E-state index is 14.0. The molecule has 7 nitrogen and oxygen atoms in total. The Morgan fingerprint density at radius 1 is 1.52 bits per heavy atom. The maximum Gasteiger partial charge on any atom is 0.270 e. The molecule has 1 aromatic rings. The van der Waals surface area contributed by atoms with E-state index in [9.17, 15) is 24.1 Å². The van der Waals surface area contributed by atoms with Gasteiger partial charge < -0.3 is 10.6 Å². The number of nitro groups is 1. The van der Waals surface area contributed by atoms with Gasteiger partial charge in [0, 0.05) is 18.7 Å². The first-order valence-electron chi connectivity index (χ1n) is 6.43. The first kappa shape index (κ1) is 14.9. The number of hydrogen-bond acceptors (Lipinski definition) is 4. The molecular weight excluding hydrogens is 281 g/mol. The molecule has 2 rings (SSSR count). The van der Waals surface area contributed by atoms with Crippen molar-refractivity contribution in [2.24, 2.45) is 0 Å². The fourth-order valence-electron chi connectivity index (χ4n) is 2.17. The van der Waals surface area contributed by atoms with Crippen molar-refractivity contribution in [3.05, 3.63) is 39.2 Å². The Hall–Kier alpha value is -2.51. The summed E-state index contributed by atoms with van der Waals surface area (Å²) < 4.78 is 14.0. The average Bonchev–Trinajstić information content (AvgIpc) is 2.43. The fourth-order valence-corrected chi connectivity index (χ4v) is 2.17. The van der Waals surface area contributed by atoms with Gasteiger partial charge in [0.2, 0.25) is 5.91 Å². The number of nitro benzene ring substituents is 1. The van der Waals surface area contributed by atoms with Crippen molar-refractivity contribution in [2.75, 3.05) is 6.54 Å². The standard InChI is InChI=1S/C13H14FN3O4/c1-7-5-8(17(20)21)6-9(11(7)14)12(18)16-10-3-2-4-15-13(10)19/h5-6,10H,2-4H2,1H3,(H,15,19)(H,16,18). The normalized spacial score (nSPS) is 18.0. The summed E-state index contributed by atoms with van der Waals surface area (Å²) in [7, 11) is 0. The molecule has 1 saturated heterocycles. The molecule has 1 heterocycles. The summed E-state index contributed by atoms with van der Waals surface area (Å²) in [6, 6.07) is 1.18. The van der Waals surface area contributed by atoms with E-state index in [1.807, 2.05) is 0 Å². The Kier molecular flexibility index (Phi) is 4.15. The van der Waals surface area contributed by atoms with Crippen LogP contribution in [0.2, 0.25) is 0 Å². The van der Waals surface area contributed by atoms with Gasteiger partial charge in [0.05, 0.1) is 10.5 Å². The quantitative estimate of drug-likeness (QED) is 0.642. The lowest BCUT2D eigenvalue weighted by Crippen LogP contribution is -2.50. The van der Waals surface area contributed by atoms with Crippen LogP contribution in [0.5, 0.6) is 0 Å². The number of nitrogens with one attached hydrogen (secondary N) is 2. The van der Waals surface area contributed by atoms with E-state index >= 15 is 0 Å². The summed E-state index contributed by atoms with van der Waals surface area (Å²) in [4.78, 5) is 33.7. The molecule has 112 valence electrons. The number of amides is 2. The number of hydrogen-bond donors (Lipinski definition) is 2. The number of non-ortho nitro benzene ring substituents is 1. The molecule has 0 radical (unpaired) electrons. The summed E-state index contributed by atoms with van der Waals surface area (Å²) in [6.45, 7) is 1.88. The van der Waals surface area contributed by atoms with E-state index < -0.39 is 28.3 Å².